The Morgan fingerprint density at radius 3 is 0.971 bits per heavy atom. The molecule has 3 rings (SSSR count). The highest BCUT2D eigenvalue weighted by Crippen LogP contribution is 2.40. The van der Waals surface area contributed by atoms with Crippen molar-refractivity contribution in [2.45, 2.75) is 31.6 Å². The molecule has 3 aromatic rings. The molecule has 35 heavy (non-hydrogen) atoms. The molecule has 0 heterocycles. The van der Waals surface area contributed by atoms with Crippen molar-refractivity contribution in [2.24, 2.45) is 0 Å². The number of ether oxygens (including phenoxy) is 3. The molecule has 0 amide bonds. The number of hydrogen-bond donors (Lipinski definition) is 3. The Hall–Kier alpha value is -1.89. The Labute approximate surface area is 226 Å². The van der Waals surface area contributed by atoms with Gasteiger partial charge in [0.1, 0.15) is 17.2 Å². The summed E-state index contributed by atoms with van der Waals surface area (Å²) in [5.41, 5.74) is 3.20. The van der Waals surface area contributed by atoms with Gasteiger partial charge in [0.25, 0.3) is 0 Å². The van der Waals surface area contributed by atoms with Crippen molar-refractivity contribution in [1.29, 1.82) is 0 Å². The maximum Gasteiger partial charge on any atom is 0.119 e. The van der Waals surface area contributed by atoms with Gasteiger partial charge in [-0.15, -0.1) is 0 Å². The van der Waals surface area contributed by atoms with Crippen LogP contribution in [0.4, 0.5) is 0 Å². The van der Waals surface area contributed by atoms with Crippen molar-refractivity contribution in [3.63, 3.8) is 0 Å². The van der Waals surface area contributed by atoms with Crippen LogP contribution in [0.5, 0.6) is 17.2 Å². The summed E-state index contributed by atoms with van der Waals surface area (Å²) in [5, 5.41) is 0. The second-order valence-electron chi connectivity index (χ2n) is 8.47. The SMILES string of the molecule is CC(c1ccc(OCCCS)cc1)(c1ccc(OCCCS)cc1)c1ccc(OCCCS)cc1. The first kappa shape index (κ1) is 27.7. The third-order valence-electron chi connectivity index (χ3n) is 6.01. The van der Waals surface area contributed by atoms with Gasteiger partial charge in [-0.25, -0.2) is 0 Å². The molecule has 0 bridgehead atoms. The highest BCUT2D eigenvalue weighted by atomic mass is 32.1. The van der Waals surface area contributed by atoms with Crippen LogP contribution in [0.15, 0.2) is 72.8 Å². The third kappa shape index (κ3) is 7.80. The van der Waals surface area contributed by atoms with Gasteiger partial charge < -0.3 is 14.2 Å². The van der Waals surface area contributed by atoms with Crippen molar-refractivity contribution < 1.29 is 14.2 Å². The first-order chi connectivity index (χ1) is 17.1. The van der Waals surface area contributed by atoms with Crippen LogP contribution < -0.4 is 14.2 Å². The van der Waals surface area contributed by atoms with Gasteiger partial charge in [0.15, 0.2) is 0 Å². The molecule has 188 valence electrons. The number of hydrogen-bond acceptors (Lipinski definition) is 6. The van der Waals surface area contributed by atoms with Crippen LogP contribution in [0.2, 0.25) is 0 Å². The molecule has 0 fully saturated rings. The Balaban J connectivity index is 1.91. The first-order valence-electron chi connectivity index (χ1n) is 12.1. The summed E-state index contributed by atoms with van der Waals surface area (Å²) in [7, 11) is 0. The lowest BCUT2D eigenvalue weighted by atomic mass is 9.71. The highest BCUT2D eigenvalue weighted by molar-refractivity contribution is 7.80. The Kier molecular flexibility index (Phi) is 11.6. The molecule has 0 saturated carbocycles. The monoisotopic (exact) mass is 528 g/mol. The summed E-state index contributed by atoms with van der Waals surface area (Å²) in [5.74, 6) is 5.08. The predicted molar refractivity (Wildman–Crippen MR) is 157 cm³/mol. The maximum atomic E-state index is 5.86. The van der Waals surface area contributed by atoms with Crippen molar-refractivity contribution >= 4 is 37.9 Å². The molecule has 0 aromatic heterocycles. The van der Waals surface area contributed by atoms with Gasteiger partial charge >= 0.3 is 0 Å². The molecule has 0 aliphatic carbocycles. The van der Waals surface area contributed by atoms with Gasteiger partial charge in [-0.3, -0.25) is 0 Å². The zero-order chi connectivity index (χ0) is 24.9. The van der Waals surface area contributed by atoms with E-state index in [0.29, 0.717) is 19.8 Å². The van der Waals surface area contributed by atoms with Crippen molar-refractivity contribution in [2.75, 3.05) is 37.1 Å². The Bertz CT molecular complexity index is 859. The van der Waals surface area contributed by atoms with Crippen LogP contribution in [0.3, 0.4) is 0 Å². The second-order valence-corrected chi connectivity index (χ2v) is 9.82. The highest BCUT2D eigenvalue weighted by Gasteiger charge is 2.31. The van der Waals surface area contributed by atoms with E-state index in [9.17, 15) is 0 Å². The zero-order valence-corrected chi connectivity index (χ0v) is 23.0. The summed E-state index contributed by atoms with van der Waals surface area (Å²) in [4.78, 5) is 0. The number of benzene rings is 3. The van der Waals surface area contributed by atoms with Gasteiger partial charge in [-0.05, 0) is 96.5 Å². The van der Waals surface area contributed by atoms with E-state index in [1.807, 2.05) is 0 Å². The molecule has 0 N–H and O–H groups in total. The van der Waals surface area contributed by atoms with Gasteiger partial charge in [0.05, 0.1) is 19.8 Å². The van der Waals surface area contributed by atoms with Crippen molar-refractivity contribution in [1.82, 2.24) is 0 Å². The normalized spacial score (nSPS) is 11.3. The van der Waals surface area contributed by atoms with E-state index in [-0.39, 0.29) is 5.41 Å². The topological polar surface area (TPSA) is 27.7 Å². The number of rotatable bonds is 15. The minimum atomic E-state index is -0.364. The molecule has 0 aliphatic heterocycles. The van der Waals surface area contributed by atoms with Crippen LogP contribution in [-0.4, -0.2) is 37.1 Å². The standard InChI is InChI=1S/C29H36O3S3/c1-29(23-5-11-26(12-6-23)30-17-2-20-33,24-7-13-27(14-8-24)31-18-3-21-34)25-9-15-28(16-10-25)32-19-4-22-35/h5-16,33-35H,2-4,17-22H2,1H3. The third-order valence-corrected chi connectivity index (χ3v) is 6.96. The first-order valence-corrected chi connectivity index (χ1v) is 14.0. The van der Waals surface area contributed by atoms with Gasteiger partial charge in [0.2, 0.25) is 0 Å². The lowest BCUT2D eigenvalue weighted by Gasteiger charge is -2.32. The summed E-state index contributed by atoms with van der Waals surface area (Å²) >= 11 is 12.8. The van der Waals surface area contributed by atoms with Crippen LogP contribution in [0, 0.1) is 0 Å². The summed E-state index contributed by atoms with van der Waals surface area (Å²) in [6.07, 6.45) is 2.77. The smallest absolute Gasteiger partial charge is 0.119 e. The summed E-state index contributed by atoms with van der Waals surface area (Å²) in [6.45, 7) is 4.27. The molecule has 3 aromatic carbocycles. The van der Waals surface area contributed by atoms with Gasteiger partial charge in [-0.1, -0.05) is 36.4 Å². The van der Waals surface area contributed by atoms with Crippen LogP contribution in [0.25, 0.3) is 0 Å². The van der Waals surface area contributed by atoms with Crippen LogP contribution >= 0.6 is 37.9 Å². The molecule has 3 nitrogen and oxygen atoms in total. The minimum Gasteiger partial charge on any atom is -0.494 e. The van der Waals surface area contributed by atoms with E-state index in [1.54, 1.807) is 0 Å². The fraction of sp³-hybridized carbons (Fsp3) is 0.379. The predicted octanol–water partition coefficient (Wildman–Crippen LogP) is 7.14. The number of thiol groups is 3. The summed E-state index contributed by atoms with van der Waals surface area (Å²) in [6, 6.07) is 25.3. The molecule has 0 saturated heterocycles. The van der Waals surface area contributed by atoms with Crippen molar-refractivity contribution in [3.05, 3.63) is 89.5 Å². The quantitative estimate of drug-likeness (QED) is 0.111. The van der Waals surface area contributed by atoms with E-state index in [4.69, 9.17) is 14.2 Å². The van der Waals surface area contributed by atoms with E-state index < -0.39 is 0 Å². The molecule has 0 atom stereocenters. The lowest BCUT2D eigenvalue weighted by molar-refractivity contribution is 0.318. The molecule has 0 radical (unpaired) electrons. The largest absolute Gasteiger partial charge is 0.494 e. The van der Waals surface area contributed by atoms with Crippen LogP contribution in [-0.2, 0) is 5.41 Å². The molecule has 0 aliphatic rings. The Morgan fingerprint density at radius 1 is 0.486 bits per heavy atom. The average molecular weight is 529 g/mol. The van der Waals surface area contributed by atoms with Crippen molar-refractivity contribution in [3.8, 4) is 17.2 Å². The molecule has 0 spiro atoms. The van der Waals surface area contributed by atoms with Gasteiger partial charge in [-0.2, -0.15) is 37.9 Å². The van der Waals surface area contributed by atoms with E-state index >= 15 is 0 Å². The zero-order valence-electron chi connectivity index (χ0n) is 20.4. The summed E-state index contributed by atoms with van der Waals surface area (Å²) < 4.78 is 17.6. The van der Waals surface area contributed by atoms with Crippen LogP contribution in [0.1, 0.15) is 42.9 Å². The molecular weight excluding hydrogens is 493 g/mol. The van der Waals surface area contributed by atoms with Gasteiger partial charge in [0, 0.05) is 5.41 Å². The van der Waals surface area contributed by atoms with E-state index in [2.05, 4.69) is 118 Å². The maximum absolute atomic E-state index is 5.86. The molecule has 0 unspecified atom stereocenters. The molecular formula is C29H36O3S3. The lowest BCUT2D eigenvalue weighted by Crippen LogP contribution is -2.25. The fourth-order valence-electron chi connectivity index (χ4n) is 3.92. The molecule has 6 heteroatoms. The fourth-order valence-corrected chi connectivity index (χ4v) is 4.30. The van der Waals surface area contributed by atoms with E-state index in [0.717, 1.165) is 53.8 Å². The minimum absolute atomic E-state index is 0.364. The van der Waals surface area contributed by atoms with E-state index in [1.165, 1.54) is 16.7 Å². The second kappa shape index (κ2) is 14.6. The Morgan fingerprint density at radius 2 is 0.743 bits per heavy atom. The average Bonchev–Trinajstić information content (AvgIpc) is 2.90.